The maximum atomic E-state index is 13.2. The summed E-state index contributed by atoms with van der Waals surface area (Å²) in [7, 11) is 0. The molecule has 0 radical (unpaired) electrons. The second kappa shape index (κ2) is 55.9. The fourth-order valence-corrected chi connectivity index (χ4v) is 8.99. The third-order valence-electron chi connectivity index (χ3n) is 13.8. The van der Waals surface area contributed by atoms with Crippen molar-refractivity contribution in [3.05, 3.63) is 109 Å². The molecule has 0 spiro atoms. The lowest BCUT2D eigenvalue weighted by atomic mass is 9.98. The molecule has 1 aliphatic rings. The number of aliphatic carboxylic acids is 1. The number of allylic oxidation sites excluding steroid dienone is 18. The van der Waals surface area contributed by atoms with E-state index in [0.29, 0.717) is 19.3 Å². The van der Waals surface area contributed by atoms with Gasteiger partial charge in [-0.15, -0.1) is 0 Å². The summed E-state index contributed by atoms with van der Waals surface area (Å²) in [6, 6.07) is 0. The first kappa shape index (κ1) is 74.4. The number of esters is 3. The Labute approximate surface area is 491 Å². The molecule has 0 bridgehead atoms. The van der Waals surface area contributed by atoms with Crippen LogP contribution in [0, 0.1) is 0 Å². The van der Waals surface area contributed by atoms with E-state index in [9.17, 15) is 34.5 Å². The number of hydrogen-bond donors (Lipinski definition) is 3. The Morgan fingerprint density at radius 3 is 1.22 bits per heavy atom. The molecule has 1 rings (SSSR count). The molecule has 6 unspecified atom stereocenters. The number of unbranched alkanes of at least 4 members (excludes halogenated alkanes) is 21. The quantitative estimate of drug-likeness (QED) is 0.0228. The number of aliphatic hydroxyl groups excluding tert-OH is 2. The average molecular weight is 1130 g/mol. The molecule has 1 saturated heterocycles. The lowest BCUT2D eigenvalue weighted by Crippen LogP contribution is -2.61. The van der Waals surface area contributed by atoms with E-state index >= 15 is 0 Å². The number of carboxylic acids is 1. The van der Waals surface area contributed by atoms with E-state index in [1.54, 1.807) is 0 Å². The number of aliphatic hydroxyl groups is 2. The lowest BCUT2D eigenvalue weighted by molar-refractivity contribution is -0.301. The molecule has 0 aliphatic carbocycles. The monoisotopic (exact) mass is 1130 g/mol. The molecule has 12 nitrogen and oxygen atoms in total. The van der Waals surface area contributed by atoms with Crippen LogP contribution >= 0.6 is 0 Å². The molecule has 0 aromatic heterocycles. The topological polar surface area (TPSA) is 175 Å². The molecule has 1 aliphatic heterocycles. The number of rotatable bonds is 53. The highest BCUT2D eigenvalue weighted by Gasteiger charge is 2.50. The van der Waals surface area contributed by atoms with Crippen molar-refractivity contribution in [1.82, 2.24) is 0 Å². The van der Waals surface area contributed by atoms with Crippen LogP contribution in [0.5, 0.6) is 0 Å². The van der Waals surface area contributed by atoms with Crippen LogP contribution in [0.1, 0.15) is 252 Å². The number of carbonyl (C=O) groups is 4. The van der Waals surface area contributed by atoms with Gasteiger partial charge in [0.15, 0.2) is 24.6 Å². The summed E-state index contributed by atoms with van der Waals surface area (Å²) in [6.45, 7) is 5.72. The first-order chi connectivity index (χ1) is 39.6. The Morgan fingerprint density at radius 1 is 0.420 bits per heavy atom. The van der Waals surface area contributed by atoms with Crippen LogP contribution < -0.4 is 0 Å². The fourth-order valence-electron chi connectivity index (χ4n) is 8.99. The van der Waals surface area contributed by atoms with Gasteiger partial charge in [0.1, 0.15) is 18.8 Å². The van der Waals surface area contributed by atoms with Crippen LogP contribution in [0.2, 0.25) is 0 Å². The van der Waals surface area contributed by atoms with E-state index in [4.69, 9.17) is 23.7 Å². The summed E-state index contributed by atoms with van der Waals surface area (Å²) >= 11 is 0. The van der Waals surface area contributed by atoms with Gasteiger partial charge in [0.2, 0.25) is 0 Å². The molecule has 460 valence electrons. The predicted octanol–water partition coefficient (Wildman–Crippen LogP) is 17.0. The molecule has 0 aromatic carbocycles. The van der Waals surface area contributed by atoms with Crippen molar-refractivity contribution in [1.29, 1.82) is 0 Å². The van der Waals surface area contributed by atoms with Gasteiger partial charge in [-0.05, 0) is 122 Å². The van der Waals surface area contributed by atoms with Crippen molar-refractivity contribution >= 4 is 23.9 Å². The molecule has 1 fully saturated rings. The highest BCUT2D eigenvalue weighted by atomic mass is 16.7. The van der Waals surface area contributed by atoms with Crippen molar-refractivity contribution in [2.24, 2.45) is 0 Å². The van der Waals surface area contributed by atoms with E-state index in [-0.39, 0.29) is 25.9 Å². The maximum Gasteiger partial charge on any atom is 0.335 e. The number of carboxylic acid groups (broad SMARTS) is 1. The highest BCUT2D eigenvalue weighted by Crippen LogP contribution is 2.26. The van der Waals surface area contributed by atoms with Gasteiger partial charge < -0.3 is 39.0 Å². The summed E-state index contributed by atoms with van der Waals surface area (Å²) in [5, 5.41) is 31.6. The second-order valence-corrected chi connectivity index (χ2v) is 21.3. The van der Waals surface area contributed by atoms with Crippen LogP contribution in [-0.4, -0.2) is 89.2 Å². The van der Waals surface area contributed by atoms with Crippen molar-refractivity contribution in [2.45, 2.75) is 289 Å². The lowest BCUT2D eigenvalue weighted by Gasteiger charge is -2.40. The van der Waals surface area contributed by atoms with Gasteiger partial charge in [-0.2, -0.15) is 0 Å². The highest BCUT2D eigenvalue weighted by molar-refractivity contribution is 5.74. The van der Waals surface area contributed by atoms with Gasteiger partial charge in [0, 0.05) is 19.3 Å². The van der Waals surface area contributed by atoms with Gasteiger partial charge >= 0.3 is 23.9 Å². The summed E-state index contributed by atoms with van der Waals surface area (Å²) < 4.78 is 28.5. The minimum atomic E-state index is -1.92. The fraction of sp³-hybridized carbons (Fsp3) is 0.681. The SMILES string of the molecule is CC/C=C\C/C=C\C/C=C\C/C=C\CCCCCCCCC(=O)OCC(COC1OC(C(=O)O)C(O)C(O)C1OC(=O)CCCCCCCCC/C=C\CCCCCCCC)OC(=O)CCCC/C=C\C/C=C\C/C=C\C/C=C\CC. The molecule has 3 N–H and O–H groups in total. The zero-order valence-corrected chi connectivity index (χ0v) is 50.7. The Morgan fingerprint density at radius 2 is 0.778 bits per heavy atom. The number of ether oxygens (including phenoxy) is 5. The van der Waals surface area contributed by atoms with Crippen LogP contribution in [0.25, 0.3) is 0 Å². The van der Waals surface area contributed by atoms with E-state index in [2.05, 4.69) is 130 Å². The molecule has 0 saturated carbocycles. The first-order valence-electron chi connectivity index (χ1n) is 31.9. The van der Waals surface area contributed by atoms with E-state index in [1.807, 2.05) is 0 Å². The summed E-state index contributed by atoms with van der Waals surface area (Å²) in [4.78, 5) is 51.3. The van der Waals surface area contributed by atoms with E-state index < -0.39 is 67.3 Å². The molecular weight excluding hydrogens is 1020 g/mol. The normalized spacial score (nSPS) is 18.5. The zero-order chi connectivity index (χ0) is 58.9. The van der Waals surface area contributed by atoms with Crippen molar-refractivity contribution < 1.29 is 58.2 Å². The second-order valence-electron chi connectivity index (χ2n) is 21.3. The Bertz CT molecular complexity index is 1820. The van der Waals surface area contributed by atoms with Crippen molar-refractivity contribution in [2.75, 3.05) is 13.2 Å². The van der Waals surface area contributed by atoms with Gasteiger partial charge in [-0.25, -0.2) is 4.79 Å². The Balaban J connectivity index is 2.70. The Hall–Kier alpha value is -4.62. The van der Waals surface area contributed by atoms with Crippen molar-refractivity contribution in [3.8, 4) is 0 Å². The Kier molecular flexibility index (Phi) is 51.3. The molecule has 0 aromatic rings. The van der Waals surface area contributed by atoms with Gasteiger partial charge in [0.25, 0.3) is 0 Å². The van der Waals surface area contributed by atoms with Gasteiger partial charge in [0.05, 0.1) is 6.61 Å². The summed E-state index contributed by atoms with van der Waals surface area (Å²) in [5.74, 6) is -3.21. The zero-order valence-electron chi connectivity index (χ0n) is 50.7. The van der Waals surface area contributed by atoms with Crippen LogP contribution in [0.3, 0.4) is 0 Å². The molecule has 81 heavy (non-hydrogen) atoms. The predicted molar refractivity (Wildman–Crippen MR) is 330 cm³/mol. The minimum Gasteiger partial charge on any atom is -0.479 e. The van der Waals surface area contributed by atoms with Crippen LogP contribution in [-0.2, 0) is 42.9 Å². The summed E-state index contributed by atoms with van der Waals surface area (Å²) in [6.07, 6.45) is 63.3. The number of hydrogen-bond acceptors (Lipinski definition) is 11. The third kappa shape index (κ3) is 45.6. The van der Waals surface area contributed by atoms with E-state index in [1.165, 1.54) is 51.4 Å². The van der Waals surface area contributed by atoms with Gasteiger partial charge in [-0.3, -0.25) is 14.4 Å². The smallest absolute Gasteiger partial charge is 0.335 e. The molecule has 0 amide bonds. The third-order valence-corrected chi connectivity index (χ3v) is 13.8. The van der Waals surface area contributed by atoms with E-state index in [0.717, 1.165) is 141 Å². The van der Waals surface area contributed by atoms with Crippen molar-refractivity contribution in [3.63, 3.8) is 0 Å². The van der Waals surface area contributed by atoms with Crippen LogP contribution in [0.4, 0.5) is 0 Å². The van der Waals surface area contributed by atoms with Gasteiger partial charge in [-0.1, -0.05) is 220 Å². The number of carbonyl (C=O) groups excluding carboxylic acids is 3. The molecule has 1 heterocycles. The minimum absolute atomic E-state index is 0.0446. The molecular formula is C69H112O12. The average Bonchev–Trinajstić information content (AvgIpc) is 3.53. The molecule has 12 heteroatoms. The van der Waals surface area contributed by atoms with Crippen LogP contribution in [0.15, 0.2) is 109 Å². The maximum absolute atomic E-state index is 13.2. The largest absolute Gasteiger partial charge is 0.479 e. The standard InChI is InChI=1S/C69H112O12/c1-4-7-10-13-16-19-22-25-28-30-31-33-35-37-40-43-46-49-52-55-61(70)77-58-60(79-62(71)56-53-50-47-44-41-38-34-27-24-21-18-15-12-9-6-3)59-78-69-67(65(74)64(73)66(81-69)68(75)76)80-63(72)57-54-51-48-45-42-39-36-32-29-26-23-20-17-14-11-8-5-2/h7,9-10,12,16,18-19,21,25-29,31,33-34,41,44,60,64-67,69,73-74H,4-6,8,11,13-15,17,20,22-24,30,32,35-40,42-43,45-59H2,1-3H3,(H,75,76)/b10-7-,12-9-,19-16-,21-18-,28-25-,29-26-,33-31-,34-27-,44-41-. The summed E-state index contributed by atoms with van der Waals surface area (Å²) in [5.41, 5.74) is 0. The molecule has 6 atom stereocenters. The first-order valence-corrected chi connectivity index (χ1v) is 31.9.